The Morgan fingerprint density at radius 3 is 2.31 bits per heavy atom. The Labute approximate surface area is 151 Å². The van der Waals surface area contributed by atoms with Crippen LogP contribution in [0.3, 0.4) is 0 Å². The molecule has 3 rings (SSSR count). The summed E-state index contributed by atoms with van der Waals surface area (Å²) < 4.78 is 43.5. The summed E-state index contributed by atoms with van der Waals surface area (Å²) in [4.78, 5) is 8.34. The van der Waals surface area contributed by atoms with E-state index in [0.29, 0.717) is 12.4 Å². The number of hydrogen-bond acceptors (Lipinski definition) is 4. The van der Waals surface area contributed by atoms with Gasteiger partial charge >= 0.3 is 6.18 Å². The Kier molecular flexibility index (Phi) is 5.98. The van der Waals surface area contributed by atoms with Crippen molar-refractivity contribution in [3.8, 4) is 5.75 Å². The van der Waals surface area contributed by atoms with Gasteiger partial charge in [-0.05, 0) is 30.7 Å². The lowest BCUT2D eigenvalue weighted by molar-refractivity contribution is -0.137. The molecule has 2 heterocycles. The number of nitrogens with zero attached hydrogens (tertiary/aromatic N) is 3. The first kappa shape index (κ1) is 18.5. The second kappa shape index (κ2) is 8.40. The Morgan fingerprint density at radius 2 is 1.69 bits per heavy atom. The highest BCUT2D eigenvalue weighted by atomic mass is 19.4. The first-order chi connectivity index (χ1) is 12.5. The van der Waals surface area contributed by atoms with Crippen LogP contribution in [0.2, 0.25) is 0 Å². The van der Waals surface area contributed by atoms with Crippen LogP contribution in [0.4, 0.5) is 19.0 Å². The molecule has 1 saturated heterocycles. The van der Waals surface area contributed by atoms with Crippen molar-refractivity contribution in [3.05, 3.63) is 54.2 Å². The van der Waals surface area contributed by atoms with Crippen molar-refractivity contribution in [2.75, 3.05) is 44.2 Å². The third kappa shape index (κ3) is 5.11. The average molecular weight is 365 g/mol. The van der Waals surface area contributed by atoms with Crippen molar-refractivity contribution in [2.45, 2.75) is 12.6 Å². The number of rotatable bonds is 6. The van der Waals surface area contributed by atoms with E-state index in [9.17, 15) is 13.2 Å². The third-order valence-corrected chi connectivity index (χ3v) is 4.40. The average Bonchev–Trinajstić information content (AvgIpc) is 2.66. The van der Waals surface area contributed by atoms with Crippen LogP contribution in [0, 0.1) is 0 Å². The smallest absolute Gasteiger partial charge is 0.417 e. The fourth-order valence-corrected chi connectivity index (χ4v) is 2.94. The minimum Gasteiger partial charge on any atom is -0.494 e. The van der Waals surface area contributed by atoms with Gasteiger partial charge in [0.05, 0.1) is 12.2 Å². The van der Waals surface area contributed by atoms with Crippen molar-refractivity contribution in [1.82, 2.24) is 9.88 Å². The molecule has 1 aromatic carbocycles. The molecule has 0 bridgehead atoms. The molecule has 140 valence electrons. The van der Waals surface area contributed by atoms with Gasteiger partial charge in [-0.3, -0.25) is 4.90 Å². The van der Waals surface area contributed by atoms with Crippen LogP contribution < -0.4 is 9.64 Å². The molecule has 0 saturated carbocycles. The van der Waals surface area contributed by atoms with E-state index in [1.54, 1.807) is 0 Å². The lowest BCUT2D eigenvalue weighted by atomic mass is 10.2. The molecular weight excluding hydrogens is 343 g/mol. The predicted octanol–water partition coefficient (Wildman–Crippen LogP) is 3.69. The highest BCUT2D eigenvalue weighted by Crippen LogP contribution is 2.29. The van der Waals surface area contributed by atoms with E-state index < -0.39 is 11.7 Å². The minimum atomic E-state index is -4.34. The van der Waals surface area contributed by atoms with Gasteiger partial charge in [0, 0.05) is 38.9 Å². The molecule has 7 heteroatoms. The molecule has 0 radical (unpaired) electrons. The van der Waals surface area contributed by atoms with E-state index in [4.69, 9.17) is 4.74 Å². The van der Waals surface area contributed by atoms with E-state index in [1.807, 2.05) is 35.2 Å². The van der Waals surface area contributed by atoms with Gasteiger partial charge in [-0.2, -0.15) is 13.2 Å². The molecule has 0 atom stereocenters. The van der Waals surface area contributed by atoms with E-state index in [1.165, 1.54) is 6.07 Å². The zero-order valence-corrected chi connectivity index (χ0v) is 14.5. The lowest BCUT2D eigenvalue weighted by Crippen LogP contribution is -2.47. The van der Waals surface area contributed by atoms with Crippen molar-refractivity contribution >= 4 is 5.82 Å². The Hall–Kier alpha value is -2.28. The van der Waals surface area contributed by atoms with Crippen LogP contribution in [0.1, 0.15) is 12.0 Å². The summed E-state index contributed by atoms with van der Waals surface area (Å²) in [6.45, 7) is 4.88. The van der Waals surface area contributed by atoms with Gasteiger partial charge in [-0.1, -0.05) is 18.2 Å². The van der Waals surface area contributed by atoms with E-state index in [-0.39, 0.29) is 0 Å². The number of anilines is 1. The highest BCUT2D eigenvalue weighted by Gasteiger charge is 2.31. The number of pyridine rings is 1. The summed E-state index contributed by atoms with van der Waals surface area (Å²) in [5.74, 6) is 1.48. The number of ether oxygens (including phenoxy) is 1. The van der Waals surface area contributed by atoms with Gasteiger partial charge in [-0.25, -0.2) is 4.98 Å². The van der Waals surface area contributed by atoms with Crippen LogP contribution in [0.25, 0.3) is 0 Å². The molecule has 0 N–H and O–H groups in total. The van der Waals surface area contributed by atoms with Gasteiger partial charge < -0.3 is 9.64 Å². The molecule has 0 amide bonds. The molecule has 26 heavy (non-hydrogen) atoms. The standard InChI is InChI=1S/C19H22F3N3O/c20-19(21,22)16-7-8-18(23-15-16)25-12-10-24(11-13-25)9-4-14-26-17-5-2-1-3-6-17/h1-3,5-8,15H,4,9-14H2. The molecule has 4 nitrogen and oxygen atoms in total. The Morgan fingerprint density at radius 1 is 0.962 bits per heavy atom. The highest BCUT2D eigenvalue weighted by molar-refractivity contribution is 5.40. The summed E-state index contributed by atoms with van der Waals surface area (Å²) in [7, 11) is 0. The molecule has 1 fully saturated rings. The molecule has 0 aliphatic carbocycles. The summed E-state index contributed by atoms with van der Waals surface area (Å²) in [6, 6.07) is 12.3. The van der Waals surface area contributed by atoms with Gasteiger partial charge in [0.15, 0.2) is 0 Å². The van der Waals surface area contributed by atoms with Crippen LogP contribution in [0.5, 0.6) is 5.75 Å². The van der Waals surface area contributed by atoms with Gasteiger partial charge in [0.2, 0.25) is 0 Å². The third-order valence-electron chi connectivity index (χ3n) is 4.40. The van der Waals surface area contributed by atoms with Gasteiger partial charge in [0.25, 0.3) is 0 Å². The number of piperazine rings is 1. The summed E-state index contributed by atoms with van der Waals surface area (Å²) >= 11 is 0. The molecule has 1 aliphatic rings. The Bertz CT molecular complexity index is 669. The number of para-hydroxylation sites is 1. The zero-order valence-electron chi connectivity index (χ0n) is 14.5. The summed E-state index contributed by atoms with van der Waals surface area (Å²) in [5, 5.41) is 0. The van der Waals surface area contributed by atoms with E-state index in [2.05, 4.69) is 9.88 Å². The maximum atomic E-state index is 12.6. The Balaban J connectivity index is 1.39. The van der Waals surface area contributed by atoms with Gasteiger partial charge in [0.1, 0.15) is 11.6 Å². The quantitative estimate of drug-likeness (QED) is 0.730. The molecular formula is C19H22F3N3O. The lowest BCUT2D eigenvalue weighted by Gasteiger charge is -2.35. The van der Waals surface area contributed by atoms with Crippen LogP contribution in [-0.4, -0.2) is 49.2 Å². The first-order valence-corrected chi connectivity index (χ1v) is 8.71. The number of aromatic nitrogens is 1. The SMILES string of the molecule is FC(F)(F)c1ccc(N2CCN(CCCOc3ccccc3)CC2)nc1. The second-order valence-corrected chi connectivity index (χ2v) is 6.25. The maximum absolute atomic E-state index is 12.6. The first-order valence-electron chi connectivity index (χ1n) is 8.71. The number of benzene rings is 1. The largest absolute Gasteiger partial charge is 0.494 e. The monoisotopic (exact) mass is 365 g/mol. The number of alkyl halides is 3. The number of halogens is 3. The summed E-state index contributed by atoms with van der Waals surface area (Å²) in [5.41, 5.74) is -0.710. The topological polar surface area (TPSA) is 28.6 Å². The molecule has 0 spiro atoms. The van der Waals surface area contributed by atoms with E-state index >= 15 is 0 Å². The second-order valence-electron chi connectivity index (χ2n) is 6.25. The summed E-state index contributed by atoms with van der Waals surface area (Å²) in [6.07, 6.45) is -2.50. The maximum Gasteiger partial charge on any atom is 0.417 e. The van der Waals surface area contributed by atoms with Gasteiger partial charge in [-0.15, -0.1) is 0 Å². The molecule has 1 aliphatic heterocycles. The minimum absolute atomic E-state index is 0.602. The van der Waals surface area contributed by atoms with Crippen molar-refractivity contribution in [3.63, 3.8) is 0 Å². The van der Waals surface area contributed by atoms with Crippen LogP contribution in [0.15, 0.2) is 48.7 Å². The van der Waals surface area contributed by atoms with E-state index in [0.717, 1.165) is 57.2 Å². The molecule has 0 unspecified atom stereocenters. The van der Waals surface area contributed by atoms with Crippen molar-refractivity contribution < 1.29 is 17.9 Å². The molecule has 1 aromatic heterocycles. The van der Waals surface area contributed by atoms with Crippen molar-refractivity contribution in [2.24, 2.45) is 0 Å². The molecule has 2 aromatic rings. The normalized spacial score (nSPS) is 15.9. The van der Waals surface area contributed by atoms with Crippen LogP contribution in [-0.2, 0) is 6.18 Å². The predicted molar refractivity (Wildman–Crippen MR) is 94.4 cm³/mol. The fraction of sp³-hybridized carbons (Fsp3) is 0.421. The fourth-order valence-electron chi connectivity index (χ4n) is 2.94. The number of hydrogen-bond donors (Lipinski definition) is 0. The van der Waals surface area contributed by atoms with Crippen molar-refractivity contribution in [1.29, 1.82) is 0 Å². The zero-order chi connectivity index (χ0) is 18.4. The van der Waals surface area contributed by atoms with Crippen LogP contribution >= 0.6 is 0 Å².